The first kappa shape index (κ1) is 55.9. The molecule has 0 heterocycles. The van der Waals surface area contributed by atoms with E-state index in [0.29, 0.717) is 0 Å². The van der Waals surface area contributed by atoms with E-state index in [9.17, 15) is 0 Å². The third-order valence-electron chi connectivity index (χ3n) is 13.3. The molecule has 0 atom stereocenters. The zero-order chi connectivity index (χ0) is 51.6. The van der Waals surface area contributed by atoms with Crippen LogP contribution in [0.3, 0.4) is 0 Å². The molecule has 0 radical (unpaired) electrons. The van der Waals surface area contributed by atoms with Gasteiger partial charge in [-0.1, -0.05) is 300 Å². The van der Waals surface area contributed by atoms with E-state index in [4.69, 9.17) is 0 Å². The van der Waals surface area contributed by atoms with E-state index < -0.39 is 0 Å². The van der Waals surface area contributed by atoms with Gasteiger partial charge in [-0.15, -0.1) is 0 Å². The minimum Gasteiger partial charge on any atom is -0.0616 e. The van der Waals surface area contributed by atoms with Crippen molar-refractivity contribution in [3.63, 3.8) is 0 Å². The molecule has 68 heavy (non-hydrogen) atoms. The Morgan fingerprint density at radius 2 is 0.382 bits per heavy atom. The smallest absolute Gasteiger partial charge is 0.0126 e. The van der Waals surface area contributed by atoms with Crippen molar-refractivity contribution >= 4 is 32.3 Å². The molecule has 0 fully saturated rings. The molecule has 0 saturated heterocycles. The second kappa shape index (κ2) is 20.3. The molecule has 0 saturated carbocycles. The van der Waals surface area contributed by atoms with E-state index in [1.807, 2.05) is 0 Å². The van der Waals surface area contributed by atoms with Gasteiger partial charge in [-0.05, 0) is 120 Å². The molecule has 0 unspecified atom stereocenters. The second-order valence-corrected chi connectivity index (χ2v) is 27.8. The van der Waals surface area contributed by atoms with E-state index in [1.165, 1.54) is 76.8 Å². The molecule has 7 aromatic rings. The van der Waals surface area contributed by atoms with E-state index in [-0.39, 0.29) is 43.3 Å². The highest BCUT2D eigenvalue weighted by Crippen LogP contribution is 2.38. The molecular formula is C68H94. The van der Waals surface area contributed by atoms with Crippen molar-refractivity contribution in [2.45, 2.75) is 209 Å². The van der Waals surface area contributed by atoms with Crippen LogP contribution in [0.25, 0.3) is 32.3 Å². The monoisotopic (exact) mass is 911 g/mol. The van der Waals surface area contributed by atoms with Crippen molar-refractivity contribution in [3.05, 3.63) is 178 Å². The van der Waals surface area contributed by atoms with Gasteiger partial charge in [0.1, 0.15) is 0 Å². The van der Waals surface area contributed by atoms with Crippen molar-refractivity contribution in [3.8, 4) is 0 Å². The third-order valence-corrected chi connectivity index (χ3v) is 13.3. The predicted octanol–water partition coefficient (Wildman–Crippen LogP) is 20.6. The number of rotatable bonds is 0. The summed E-state index contributed by atoms with van der Waals surface area (Å²) >= 11 is 0. The quantitative estimate of drug-likeness (QED) is 0.142. The van der Waals surface area contributed by atoms with Gasteiger partial charge in [0.25, 0.3) is 0 Å². The minimum absolute atomic E-state index is 0.190. The molecule has 0 aliphatic carbocycles. The van der Waals surface area contributed by atoms with Crippen molar-refractivity contribution in [2.24, 2.45) is 0 Å². The van der Waals surface area contributed by atoms with Gasteiger partial charge in [-0.25, -0.2) is 0 Å². The number of fused-ring (bicyclic) bond motifs is 3. The fourth-order valence-electron chi connectivity index (χ4n) is 8.86. The molecule has 0 aliphatic rings. The topological polar surface area (TPSA) is 0 Å². The molecular weight excluding hydrogens is 817 g/mol. The van der Waals surface area contributed by atoms with E-state index in [1.54, 1.807) is 0 Å². The van der Waals surface area contributed by atoms with Crippen LogP contribution in [0.1, 0.15) is 211 Å². The lowest BCUT2D eigenvalue weighted by atomic mass is 9.78. The van der Waals surface area contributed by atoms with Gasteiger partial charge in [-0.3, -0.25) is 0 Å². The summed E-state index contributed by atoms with van der Waals surface area (Å²) in [7, 11) is 0. The Hall–Kier alpha value is -4.68. The van der Waals surface area contributed by atoms with Gasteiger partial charge < -0.3 is 0 Å². The first-order valence-corrected chi connectivity index (χ1v) is 25.5. The SMILES string of the molecule is CC(C)(C)c1ccc(C(C)(C)C)c2ccccc12.CC(C)(C)c1ccc(C(C)(C)C)c2ccccc12.CC(C)(C)c1ccc(C(C)(C)C)cc1.CC(C)(C)c1ccc2cc(C(C)(C)C)ccc2c1. The van der Waals surface area contributed by atoms with Crippen LogP contribution in [-0.4, -0.2) is 0 Å². The molecule has 366 valence electrons. The maximum atomic E-state index is 2.32. The van der Waals surface area contributed by atoms with Gasteiger partial charge in [-0.2, -0.15) is 0 Å². The fourth-order valence-corrected chi connectivity index (χ4v) is 8.86. The van der Waals surface area contributed by atoms with Gasteiger partial charge in [0.05, 0.1) is 0 Å². The van der Waals surface area contributed by atoms with Crippen molar-refractivity contribution in [1.29, 1.82) is 0 Å². The summed E-state index contributed by atoms with van der Waals surface area (Å²) in [5, 5.41) is 8.29. The van der Waals surface area contributed by atoms with Crippen LogP contribution in [0, 0.1) is 0 Å². The summed E-state index contributed by atoms with van der Waals surface area (Å²) in [5.41, 5.74) is 13.1. The lowest BCUT2D eigenvalue weighted by molar-refractivity contribution is 0.577. The Kier molecular flexibility index (Phi) is 16.7. The Bertz CT molecular complexity index is 2450. The molecule has 0 heteroatoms. The Labute approximate surface area is 417 Å². The average molecular weight is 911 g/mol. The van der Waals surface area contributed by atoms with Crippen LogP contribution in [0.15, 0.2) is 133 Å². The summed E-state index contributed by atoms with van der Waals surface area (Å²) in [5.74, 6) is 0. The Morgan fingerprint density at radius 1 is 0.191 bits per heavy atom. The summed E-state index contributed by atoms with van der Waals surface area (Å²) < 4.78 is 0. The van der Waals surface area contributed by atoms with E-state index in [0.717, 1.165) is 0 Å². The zero-order valence-corrected chi connectivity index (χ0v) is 47.7. The lowest BCUT2D eigenvalue weighted by Crippen LogP contribution is -2.15. The first-order chi connectivity index (χ1) is 30.8. The van der Waals surface area contributed by atoms with Crippen LogP contribution in [-0.2, 0) is 43.3 Å². The van der Waals surface area contributed by atoms with E-state index >= 15 is 0 Å². The molecule has 7 aromatic carbocycles. The molecule has 7 rings (SSSR count). The lowest BCUT2D eigenvalue weighted by Gasteiger charge is -2.26. The maximum absolute atomic E-state index is 2.32. The van der Waals surface area contributed by atoms with Crippen LogP contribution < -0.4 is 0 Å². The normalized spacial score (nSPS) is 13.0. The maximum Gasteiger partial charge on any atom is -0.0126 e. The van der Waals surface area contributed by atoms with Crippen molar-refractivity contribution in [2.75, 3.05) is 0 Å². The third kappa shape index (κ3) is 14.7. The second-order valence-electron chi connectivity index (χ2n) is 27.8. The molecule has 0 nitrogen and oxygen atoms in total. The fraction of sp³-hybridized carbons (Fsp3) is 0.471. The average Bonchev–Trinajstić information content (AvgIpc) is 3.20. The van der Waals surface area contributed by atoms with Crippen LogP contribution >= 0.6 is 0 Å². The van der Waals surface area contributed by atoms with E-state index in [2.05, 4.69) is 300 Å². The highest BCUT2D eigenvalue weighted by Gasteiger charge is 2.24. The Balaban J connectivity index is 0.000000199. The van der Waals surface area contributed by atoms with Crippen LogP contribution in [0.5, 0.6) is 0 Å². The van der Waals surface area contributed by atoms with Crippen molar-refractivity contribution < 1.29 is 0 Å². The molecule has 0 N–H and O–H groups in total. The molecule has 0 amide bonds. The summed E-state index contributed by atoms with van der Waals surface area (Å²) in [6, 6.07) is 49.5. The minimum atomic E-state index is 0.190. The van der Waals surface area contributed by atoms with Gasteiger partial charge in [0.2, 0.25) is 0 Å². The Morgan fingerprint density at radius 3 is 0.559 bits per heavy atom. The summed E-state index contributed by atoms with van der Waals surface area (Å²) in [4.78, 5) is 0. The predicted molar refractivity (Wildman–Crippen MR) is 308 cm³/mol. The van der Waals surface area contributed by atoms with Crippen molar-refractivity contribution in [1.82, 2.24) is 0 Å². The summed E-state index contributed by atoms with van der Waals surface area (Å²) in [6.07, 6.45) is 0. The highest BCUT2D eigenvalue weighted by molar-refractivity contribution is 5.91. The molecule has 0 bridgehead atoms. The summed E-state index contributed by atoms with van der Waals surface area (Å²) in [6.45, 7) is 54.5. The number of hydrogen-bond acceptors (Lipinski definition) is 0. The highest BCUT2D eigenvalue weighted by atomic mass is 14.3. The largest absolute Gasteiger partial charge is 0.0616 e. The van der Waals surface area contributed by atoms with Crippen LogP contribution in [0.2, 0.25) is 0 Å². The van der Waals surface area contributed by atoms with Gasteiger partial charge in [0.15, 0.2) is 0 Å². The molecule has 0 aromatic heterocycles. The molecule has 0 spiro atoms. The van der Waals surface area contributed by atoms with Gasteiger partial charge >= 0.3 is 0 Å². The first-order valence-electron chi connectivity index (χ1n) is 25.5. The zero-order valence-electron chi connectivity index (χ0n) is 47.7. The number of benzene rings is 7. The van der Waals surface area contributed by atoms with Gasteiger partial charge in [0, 0.05) is 0 Å². The van der Waals surface area contributed by atoms with Crippen LogP contribution in [0.4, 0.5) is 0 Å². The molecule has 0 aliphatic heterocycles. The number of hydrogen-bond donors (Lipinski definition) is 0. The standard InChI is InChI=1S/3C18H24.C14H22/c1-17(2,3)15-9-7-14-12-16(18(4,5)6)10-8-13(14)11-15;2*1-17(2,3)15-11-12-16(18(4,5)6)14-10-8-7-9-13(14)15;1-13(2,3)11-7-9-12(10-8-11)14(4,5)6/h3*7-12H,1-6H3;7-10H,1-6H3.